The fraction of sp³-hybridized carbons (Fsp3) is 0.227. The number of sulfonamides is 1. The molecule has 2 aromatic carbocycles. The zero-order valence-electron chi connectivity index (χ0n) is 15.4. The fourth-order valence-corrected chi connectivity index (χ4v) is 5.51. The highest BCUT2D eigenvalue weighted by Crippen LogP contribution is 2.40. The number of nitrogens with zero attached hydrogens (tertiary/aromatic N) is 2. The average Bonchev–Trinajstić information content (AvgIpc) is 3.30. The van der Waals surface area contributed by atoms with Crippen molar-refractivity contribution in [3.63, 3.8) is 0 Å². The van der Waals surface area contributed by atoms with Crippen LogP contribution in [0.1, 0.15) is 29.5 Å². The van der Waals surface area contributed by atoms with E-state index < -0.39 is 15.6 Å². The molecule has 1 saturated heterocycles. The van der Waals surface area contributed by atoms with E-state index in [4.69, 9.17) is 0 Å². The number of aromatic nitrogens is 1. The molecule has 0 bridgehead atoms. The van der Waals surface area contributed by atoms with Crippen molar-refractivity contribution >= 4 is 10.0 Å². The molecule has 6 heteroatoms. The Morgan fingerprint density at radius 3 is 1.93 bits per heavy atom. The van der Waals surface area contributed by atoms with E-state index in [0.717, 1.165) is 12.8 Å². The molecule has 1 aliphatic rings. The van der Waals surface area contributed by atoms with Gasteiger partial charge in [-0.05, 0) is 30.0 Å². The molecule has 1 N–H and O–H groups in total. The molecule has 2 heterocycles. The first-order chi connectivity index (χ1) is 13.5. The minimum absolute atomic E-state index is 0.0969. The lowest BCUT2D eigenvalue weighted by Crippen LogP contribution is -2.34. The predicted molar refractivity (Wildman–Crippen MR) is 107 cm³/mol. The number of pyridine rings is 1. The van der Waals surface area contributed by atoms with Gasteiger partial charge in [0.2, 0.25) is 10.0 Å². The van der Waals surface area contributed by atoms with E-state index in [1.165, 1.54) is 22.8 Å². The van der Waals surface area contributed by atoms with Gasteiger partial charge in [-0.3, -0.25) is 4.98 Å². The van der Waals surface area contributed by atoms with Crippen LogP contribution in [0.25, 0.3) is 0 Å². The van der Waals surface area contributed by atoms with Crippen molar-refractivity contribution in [2.24, 2.45) is 0 Å². The summed E-state index contributed by atoms with van der Waals surface area (Å²) in [6.07, 6.45) is 4.62. The Balaban J connectivity index is 1.97. The molecule has 0 amide bonds. The summed E-state index contributed by atoms with van der Waals surface area (Å²) < 4.78 is 28.2. The van der Waals surface area contributed by atoms with Gasteiger partial charge in [-0.25, -0.2) is 8.42 Å². The topological polar surface area (TPSA) is 70.5 Å². The molecule has 0 radical (unpaired) electrons. The van der Waals surface area contributed by atoms with Crippen LogP contribution in [0.4, 0.5) is 0 Å². The highest BCUT2D eigenvalue weighted by Gasteiger charge is 2.40. The Bertz CT molecular complexity index is 1010. The van der Waals surface area contributed by atoms with Gasteiger partial charge in [0.1, 0.15) is 5.60 Å². The molecule has 0 spiro atoms. The Kier molecular flexibility index (Phi) is 5.02. The Morgan fingerprint density at radius 1 is 0.857 bits per heavy atom. The van der Waals surface area contributed by atoms with E-state index >= 15 is 0 Å². The highest BCUT2D eigenvalue weighted by molar-refractivity contribution is 7.89. The molecular weight excluding hydrogens is 372 g/mol. The Hall–Kier alpha value is -2.54. The largest absolute Gasteiger partial charge is 0.376 e. The van der Waals surface area contributed by atoms with Crippen molar-refractivity contribution in [2.75, 3.05) is 13.1 Å². The summed E-state index contributed by atoms with van der Waals surface area (Å²) in [6.45, 7) is 0.998. The lowest BCUT2D eigenvalue weighted by Gasteiger charge is -2.32. The second-order valence-electron chi connectivity index (χ2n) is 6.93. The molecule has 1 fully saturated rings. The molecule has 5 nitrogen and oxygen atoms in total. The van der Waals surface area contributed by atoms with Crippen molar-refractivity contribution in [1.82, 2.24) is 9.29 Å². The standard InChI is InChI=1S/C22H22N2O3S/c25-22(18-9-3-1-4-10-18,19-11-5-2-6-12-19)20-17-23-14-13-21(20)28(26,27)24-15-7-8-16-24/h1-6,9-14,17,25H,7-8,15-16H2. The number of aliphatic hydroxyl groups is 1. The number of hydrogen-bond acceptors (Lipinski definition) is 4. The summed E-state index contributed by atoms with van der Waals surface area (Å²) in [5.41, 5.74) is -0.197. The van der Waals surface area contributed by atoms with Gasteiger partial charge in [-0.15, -0.1) is 0 Å². The van der Waals surface area contributed by atoms with Gasteiger partial charge in [0.15, 0.2) is 0 Å². The summed E-state index contributed by atoms with van der Waals surface area (Å²) in [4.78, 5) is 4.26. The first-order valence-electron chi connectivity index (χ1n) is 9.32. The number of benzene rings is 2. The zero-order chi connectivity index (χ0) is 19.6. The first kappa shape index (κ1) is 18.8. The van der Waals surface area contributed by atoms with Crippen LogP contribution in [-0.4, -0.2) is 35.9 Å². The van der Waals surface area contributed by atoms with Crippen LogP contribution in [0.3, 0.4) is 0 Å². The quantitative estimate of drug-likeness (QED) is 0.722. The molecule has 4 rings (SSSR count). The van der Waals surface area contributed by atoms with E-state index in [-0.39, 0.29) is 10.5 Å². The summed E-state index contributed by atoms with van der Waals surface area (Å²) in [5, 5.41) is 12.0. The van der Waals surface area contributed by atoms with Crippen LogP contribution in [0.2, 0.25) is 0 Å². The SMILES string of the molecule is O=S(=O)(c1ccncc1C(O)(c1ccccc1)c1ccccc1)N1CCCC1. The van der Waals surface area contributed by atoms with E-state index in [0.29, 0.717) is 24.2 Å². The molecule has 0 aliphatic carbocycles. The second kappa shape index (κ2) is 7.47. The van der Waals surface area contributed by atoms with Crippen molar-refractivity contribution in [1.29, 1.82) is 0 Å². The van der Waals surface area contributed by atoms with Crippen LogP contribution in [0, 0.1) is 0 Å². The van der Waals surface area contributed by atoms with Gasteiger partial charge in [-0.1, -0.05) is 60.7 Å². The van der Waals surface area contributed by atoms with E-state index in [1.807, 2.05) is 36.4 Å². The van der Waals surface area contributed by atoms with Crippen LogP contribution in [0.15, 0.2) is 84.0 Å². The molecule has 0 unspecified atom stereocenters. The maximum atomic E-state index is 13.4. The molecule has 3 aromatic rings. The lowest BCUT2D eigenvalue weighted by molar-refractivity contribution is 0.122. The van der Waals surface area contributed by atoms with Gasteiger partial charge in [0, 0.05) is 31.0 Å². The maximum Gasteiger partial charge on any atom is 0.243 e. The van der Waals surface area contributed by atoms with Crippen LogP contribution < -0.4 is 0 Å². The van der Waals surface area contributed by atoms with Crippen molar-refractivity contribution < 1.29 is 13.5 Å². The summed E-state index contributed by atoms with van der Waals surface area (Å²) in [7, 11) is -3.74. The molecule has 144 valence electrons. The molecule has 0 saturated carbocycles. The van der Waals surface area contributed by atoms with Crippen molar-refractivity contribution in [3.05, 3.63) is 95.8 Å². The third-order valence-electron chi connectivity index (χ3n) is 5.24. The second-order valence-corrected chi connectivity index (χ2v) is 8.83. The Labute approximate surface area is 165 Å². The molecule has 0 atom stereocenters. The van der Waals surface area contributed by atoms with Crippen LogP contribution in [0.5, 0.6) is 0 Å². The zero-order valence-corrected chi connectivity index (χ0v) is 16.2. The molecule has 1 aromatic heterocycles. The van der Waals surface area contributed by atoms with Gasteiger partial charge in [0.25, 0.3) is 0 Å². The monoisotopic (exact) mass is 394 g/mol. The third-order valence-corrected chi connectivity index (χ3v) is 7.19. The molecule has 28 heavy (non-hydrogen) atoms. The summed E-state index contributed by atoms with van der Waals surface area (Å²) >= 11 is 0. The third kappa shape index (κ3) is 3.13. The van der Waals surface area contributed by atoms with Crippen molar-refractivity contribution in [3.8, 4) is 0 Å². The van der Waals surface area contributed by atoms with Gasteiger partial charge in [-0.2, -0.15) is 4.31 Å². The summed E-state index contributed by atoms with van der Waals surface area (Å²) in [6, 6.07) is 19.7. The first-order valence-corrected chi connectivity index (χ1v) is 10.8. The highest BCUT2D eigenvalue weighted by atomic mass is 32.2. The fourth-order valence-electron chi connectivity index (χ4n) is 3.78. The van der Waals surface area contributed by atoms with Gasteiger partial charge < -0.3 is 5.11 Å². The minimum Gasteiger partial charge on any atom is -0.376 e. The molecule has 1 aliphatic heterocycles. The lowest BCUT2D eigenvalue weighted by atomic mass is 9.81. The van der Waals surface area contributed by atoms with Gasteiger partial charge in [0.05, 0.1) is 4.90 Å². The van der Waals surface area contributed by atoms with Crippen LogP contribution >= 0.6 is 0 Å². The van der Waals surface area contributed by atoms with Crippen molar-refractivity contribution in [2.45, 2.75) is 23.3 Å². The normalized spacial score (nSPS) is 15.6. The smallest absolute Gasteiger partial charge is 0.243 e. The van der Waals surface area contributed by atoms with E-state index in [1.54, 1.807) is 24.3 Å². The van der Waals surface area contributed by atoms with Gasteiger partial charge >= 0.3 is 0 Å². The number of rotatable bonds is 5. The predicted octanol–water partition coefficient (Wildman–Crippen LogP) is 3.15. The summed E-state index contributed by atoms with van der Waals surface area (Å²) in [5.74, 6) is 0. The Morgan fingerprint density at radius 2 is 1.39 bits per heavy atom. The number of hydrogen-bond donors (Lipinski definition) is 1. The average molecular weight is 394 g/mol. The van der Waals surface area contributed by atoms with Crippen LogP contribution in [-0.2, 0) is 15.6 Å². The maximum absolute atomic E-state index is 13.4. The minimum atomic E-state index is -3.74. The molecular formula is C22H22N2O3S. The van der Waals surface area contributed by atoms with E-state index in [2.05, 4.69) is 4.98 Å². The van der Waals surface area contributed by atoms with E-state index in [9.17, 15) is 13.5 Å².